The molecule has 18 heavy (non-hydrogen) atoms. The van der Waals surface area contributed by atoms with Crippen molar-refractivity contribution in [3.63, 3.8) is 0 Å². The highest BCUT2D eigenvalue weighted by molar-refractivity contribution is 5.84. The van der Waals surface area contributed by atoms with Crippen LogP contribution in [0.3, 0.4) is 0 Å². The molecule has 0 spiro atoms. The molecule has 1 aliphatic rings. The Morgan fingerprint density at radius 3 is 2.44 bits per heavy atom. The van der Waals surface area contributed by atoms with E-state index in [1.165, 1.54) is 12.8 Å². The quantitative estimate of drug-likeness (QED) is 0.615. The van der Waals surface area contributed by atoms with Gasteiger partial charge in [-0.2, -0.15) is 0 Å². The van der Waals surface area contributed by atoms with Crippen molar-refractivity contribution in [2.75, 3.05) is 26.2 Å². The van der Waals surface area contributed by atoms with Crippen LogP contribution in [0.4, 0.5) is 0 Å². The van der Waals surface area contributed by atoms with Crippen molar-refractivity contribution < 1.29 is 9.90 Å². The van der Waals surface area contributed by atoms with Gasteiger partial charge in [0.15, 0.2) is 0 Å². The number of nitrogens with zero attached hydrogens (tertiary/aromatic N) is 1. The van der Waals surface area contributed by atoms with E-state index in [0.717, 1.165) is 38.6 Å². The molecule has 1 amide bonds. The average Bonchev–Trinajstić information content (AvgIpc) is 2.32. The van der Waals surface area contributed by atoms with Crippen LogP contribution in [0, 0.1) is 5.41 Å². The van der Waals surface area contributed by atoms with Crippen LogP contribution in [0.5, 0.6) is 0 Å². The lowest BCUT2D eigenvalue weighted by atomic mass is 9.68. The van der Waals surface area contributed by atoms with Crippen molar-refractivity contribution in [1.29, 1.82) is 0 Å². The number of nitrogens with two attached hydrogens (primary N) is 1. The fraction of sp³-hybridized carbons (Fsp3) is 0.929. The molecular formula is C14H28N2O2. The van der Waals surface area contributed by atoms with Gasteiger partial charge in [0, 0.05) is 19.6 Å². The van der Waals surface area contributed by atoms with Crippen molar-refractivity contribution in [2.45, 2.75) is 51.9 Å². The third kappa shape index (κ3) is 3.69. The molecule has 1 aliphatic carbocycles. The van der Waals surface area contributed by atoms with Crippen LogP contribution in [0.2, 0.25) is 0 Å². The molecule has 0 atom stereocenters. The number of hydrogen-bond donors (Lipinski definition) is 2. The Balaban J connectivity index is 2.46. The Labute approximate surface area is 111 Å². The summed E-state index contributed by atoms with van der Waals surface area (Å²) in [5, 5.41) is 9.09. The highest BCUT2D eigenvalue weighted by Gasteiger charge is 2.44. The highest BCUT2D eigenvalue weighted by atomic mass is 16.3. The van der Waals surface area contributed by atoms with E-state index in [0.29, 0.717) is 13.1 Å². The van der Waals surface area contributed by atoms with E-state index in [9.17, 15) is 4.79 Å². The van der Waals surface area contributed by atoms with Crippen molar-refractivity contribution in [2.24, 2.45) is 11.1 Å². The molecule has 106 valence electrons. The van der Waals surface area contributed by atoms with Gasteiger partial charge in [-0.05, 0) is 19.3 Å². The van der Waals surface area contributed by atoms with Crippen molar-refractivity contribution in [3.8, 4) is 0 Å². The standard InChI is InChI=1S/C14H28N2O2/c1-2-3-4-5-9-16(10-11-17)13(18)14(12-15)7-6-8-14/h17H,2-12,15H2,1H3. The molecule has 4 nitrogen and oxygen atoms in total. The minimum Gasteiger partial charge on any atom is -0.395 e. The molecule has 1 rings (SSSR count). The Bertz CT molecular complexity index is 247. The molecule has 1 fully saturated rings. The summed E-state index contributed by atoms with van der Waals surface area (Å²) in [6, 6.07) is 0. The van der Waals surface area contributed by atoms with Crippen LogP contribution in [-0.4, -0.2) is 42.2 Å². The Morgan fingerprint density at radius 1 is 1.28 bits per heavy atom. The van der Waals surface area contributed by atoms with Crippen LogP contribution in [0.15, 0.2) is 0 Å². The first-order valence-corrected chi connectivity index (χ1v) is 7.30. The predicted octanol–water partition coefficient (Wildman–Crippen LogP) is 1.52. The highest BCUT2D eigenvalue weighted by Crippen LogP contribution is 2.41. The number of amides is 1. The molecule has 0 saturated heterocycles. The summed E-state index contributed by atoms with van der Waals surface area (Å²) in [7, 11) is 0. The minimum absolute atomic E-state index is 0.0418. The van der Waals surface area contributed by atoms with Gasteiger partial charge in [-0.25, -0.2) is 0 Å². The van der Waals surface area contributed by atoms with Crippen LogP contribution in [0.1, 0.15) is 51.9 Å². The third-order valence-electron chi connectivity index (χ3n) is 4.09. The molecular weight excluding hydrogens is 228 g/mol. The van der Waals surface area contributed by atoms with Gasteiger partial charge < -0.3 is 15.7 Å². The number of aliphatic hydroxyl groups is 1. The van der Waals surface area contributed by atoms with Crippen LogP contribution in [0.25, 0.3) is 0 Å². The molecule has 0 heterocycles. The summed E-state index contributed by atoms with van der Waals surface area (Å²) in [6.07, 6.45) is 7.52. The van der Waals surface area contributed by atoms with E-state index in [4.69, 9.17) is 10.8 Å². The first-order chi connectivity index (χ1) is 8.70. The molecule has 0 unspecified atom stereocenters. The predicted molar refractivity (Wildman–Crippen MR) is 73.1 cm³/mol. The van der Waals surface area contributed by atoms with Gasteiger partial charge in [0.05, 0.1) is 12.0 Å². The first-order valence-electron chi connectivity index (χ1n) is 7.30. The summed E-state index contributed by atoms with van der Waals surface area (Å²) in [5.74, 6) is 0.168. The van der Waals surface area contributed by atoms with Crippen molar-refractivity contribution in [1.82, 2.24) is 4.90 Å². The van der Waals surface area contributed by atoms with E-state index in [1.807, 2.05) is 4.90 Å². The summed E-state index contributed by atoms with van der Waals surface area (Å²) in [5.41, 5.74) is 5.46. The lowest BCUT2D eigenvalue weighted by Gasteiger charge is -2.42. The monoisotopic (exact) mass is 256 g/mol. The Kier molecular flexibility index (Phi) is 6.65. The number of rotatable bonds is 9. The van der Waals surface area contributed by atoms with Gasteiger partial charge in [0.1, 0.15) is 0 Å². The third-order valence-corrected chi connectivity index (χ3v) is 4.09. The van der Waals surface area contributed by atoms with Crippen LogP contribution < -0.4 is 5.73 Å². The van der Waals surface area contributed by atoms with Gasteiger partial charge in [0.2, 0.25) is 5.91 Å². The van der Waals surface area contributed by atoms with Crippen LogP contribution in [-0.2, 0) is 4.79 Å². The van der Waals surface area contributed by atoms with Gasteiger partial charge >= 0.3 is 0 Å². The number of hydrogen-bond acceptors (Lipinski definition) is 3. The van der Waals surface area contributed by atoms with Crippen molar-refractivity contribution in [3.05, 3.63) is 0 Å². The molecule has 0 bridgehead atoms. The second-order valence-electron chi connectivity index (χ2n) is 5.41. The summed E-state index contributed by atoms with van der Waals surface area (Å²) in [4.78, 5) is 14.3. The Hall–Kier alpha value is -0.610. The summed E-state index contributed by atoms with van der Waals surface area (Å²) >= 11 is 0. The normalized spacial score (nSPS) is 17.3. The second-order valence-corrected chi connectivity index (χ2v) is 5.41. The maximum absolute atomic E-state index is 12.5. The van der Waals surface area contributed by atoms with Gasteiger partial charge in [-0.15, -0.1) is 0 Å². The van der Waals surface area contributed by atoms with E-state index in [1.54, 1.807) is 0 Å². The van der Waals surface area contributed by atoms with Gasteiger partial charge in [0.25, 0.3) is 0 Å². The lowest BCUT2D eigenvalue weighted by Crippen LogP contribution is -2.52. The molecule has 0 aromatic rings. The first kappa shape index (κ1) is 15.4. The second kappa shape index (κ2) is 7.74. The zero-order valence-electron chi connectivity index (χ0n) is 11.7. The molecule has 0 radical (unpaired) electrons. The molecule has 0 aromatic carbocycles. The molecule has 0 aromatic heterocycles. The summed E-state index contributed by atoms with van der Waals surface area (Å²) in [6.45, 7) is 3.88. The lowest BCUT2D eigenvalue weighted by molar-refractivity contribution is -0.147. The van der Waals surface area contributed by atoms with E-state index in [2.05, 4.69) is 6.92 Å². The largest absolute Gasteiger partial charge is 0.395 e. The zero-order valence-corrected chi connectivity index (χ0v) is 11.7. The molecule has 4 heteroatoms. The molecule has 1 saturated carbocycles. The topological polar surface area (TPSA) is 66.6 Å². The number of carbonyl (C=O) groups is 1. The molecule has 0 aliphatic heterocycles. The maximum Gasteiger partial charge on any atom is 0.230 e. The fourth-order valence-electron chi connectivity index (χ4n) is 2.61. The van der Waals surface area contributed by atoms with E-state index < -0.39 is 0 Å². The van der Waals surface area contributed by atoms with Gasteiger partial charge in [-0.1, -0.05) is 32.6 Å². The zero-order chi connectivity index (χ0) is 13.4. The van der Waals surface area contributed by atoms with Gasteiger partial charge in [-0.3, -0.25) is 4.79 Å². The number of unbranched alkanes of at least 4 members (excludes halogenated alkanes) is 3. The van der Waals surface area contributed by atoms with E-state index in [-0.39, 0.29) is 17.9 Å². The fourth-order valence-corrected chi connectivity index (χ4v) is 2.61. The minimum atomic E-state index is -0.306. The van der Waals surface area contributed by atoms with Crippen molar-refractivity contribution >= 4 is 5.91 Å². The number of aliphatic hydroxyl groups excluding tert-OH is 1. The smallest absolute Gasteiger partial charge is 0.230 e. The van der Waals surface area contributed by atoms with E-state index >= 15 is 0 Å². The molecule has 3 N–H and O–H groups in total. The van der Waals surface area contributed by atoms with Crippen LogP contribution >= 0.6 is 0 Å². The Morgan fingerprint density at radius 2 is 2.00 bits per heavy atom. The SMILES string of the molecule is CCCCCCN(CCO)C(=O)C1(CN)CCC1. The average molecular weight is 256 g/mol. The maximum atomic E-state index is 12.5. The summed E-state index contributed by atoms with van der Waals surface area (Å²) < 4.78 is 0. The number of carbonyl (C=O) groups excluding carboxylic acids is 1.